The van der Waals surface area contributed by atoms with Crippen molar-refractivity contribution in [3.05, 3.63) is 30.5 Å². The first-order chi connectivity index (χ1) is 14.1. The third kappa shape index (κ3) is 4.63. The molecule has 8 nitrogen and oxygen atoms in total. The Morgan fingerprint density at radius 1 is 1.14 bits per heavy atom. The molecule has 0 radical (unpaired) electrons. The molecule has 2 saturated heterocycles. The van der Waals surface area contributed by atoms with Crippen molar-refractivity contribution >= 4 is 11.8 Å². The van der Waals surface area contributed by atoms with E-state index in [0.29, 0.717) is 19.0 Å². The number of rotatable bonds is 4. The highest BCUT2D eigenvalue weighted by Crippen LogP contribution is 2.25. The number of likely N-dealkylation sites (tertiary alicyclic amines) is 2. The Kier molecular flexibility index (Phi) is 5.87. The molecule has 8 heteroatoms. The molecule has 0 aromatic carbocycles. The van der Waals surface area contributed by atoms with Crippen molar-refractivity contribution in [1.29, 1.82) is 0 Å². The van der Waals surface area contributed by atoms with Crippen LogP contribution < -0.4 is 0 Å². The van der Waals surface area contributed by atoms with Gasteiger partial charge in [0.1, 0.15) is 5.69 Å². The maximum absolute atomic E-state index is 13.0. The van der Waals surface area contributed by atoms with Crippen LogP contribution in [0.25, 0.3) is 11.5 Å². The first-order valence-corrected chi connectivity index (χ1v) is 10.4. The van der Waals surface area contributed by atoms with Crippen LogP contribution in [0.15, 0.2) is 24.8 Å². The summed E-state index contributed by atoms with van der Waals surface area (Å²) in [5, 5.41) is 0. The summed E-state index contributed by atoms with van der Waals surface area (Å²) >= 11 is 0. The fraction of sp³-hybridized carbons (Fsp3) is 0.571. The summed E-state index contributed by atoms with van der Waals surface area (Å²) in [4.78, 5) is 44.7. The number of imidazole rings is 1. The molecule has 2 aliphatic rings. The fourth-order valence-corrected chi connectivity index (χ4v) is 4.45. The Labute approximate surface area is 170 Å². The monoisotopic (exact) mass is 396 g/mol. The lowest BCUT2D eigenvalue weighted by Crippen LogP contribution is -2.47. The third-order valence-corrected chi connectivity index (χ3v) is 6.04. The second kappa shape index (κ2) is 8.71. The van der Waals surface area contributed by atoms with Gasteiger partial charge in [-0.3, -0.25) is 14.6 Å². The number of nitrogens with one attached hydrogen (secondary N) is 1. The number of piperidine rings is 2. The molecule has 154 valence electrons. The Morgan fingerprint density at radius 3 is 2.69 bits per heavy atom. The Morgan fingerprint density at radius 2 is 1.97 bits per heavy atom. The van der Waals surface area contributed by atoms with Gasteiger partial charge in [0.2, 0.25) is 11.8 Å². The van der Waals surface area contributed by atoms with Gasteiger partial charge < -0.3 is 14.8 Å². The number of hydrogen-bond donors (Lipinski definition) is 1. The average Bonchev–Trinajstić information content (AvgIpc) is 3.29. The molecule has 29 heavy (non-hydrogen) atoms. The number of amides is 2. The van der Waals surface area contributed by atoms with Gasteiger partial charge in [-0.1, -0.05) is 0 Å². The van der Waals surface area contributed by atoms with Gasteiger partial charge in [-0.2, -0.15) is 0 Å². The van der Waals surface area contributed by atoms with Crippen LogP contribution in [0.2, 0.25) is 0 Å². The summed E-state index contributed by atoms with van der Waals surface area (Å²) in [7, 11) is 0. The zero-order valence-electron chi connectivity index (χ0n) is 16.9. The number of nitrogens with zero attached hydrogens (tertiary/aromatic N) is 5. The number of carbonyl (C=O) groups excluding carboxylic acids is 2. The first kappa shape index (κ1) is 19.5. The molecular weight excluding hydrogens is 368 g/mol. The van der Waals surface area contributed by atoms with E-state index in [1.165, 1.54) is 0 Å². The van der Waals surface area contributed by atoms with Gasteiger partial charge in [0.25, 0.3) is 0 Å². The third-order valence-electron chi connectivity index (χ3n) is 6.04. The van der Waals surface area contributed by atoms with E-state index in [9.17, 15) is 9.59 Å². The van der Waals surface area contributed by atoms with Crippen LogP contribution in [0.4, 0.5) is 0 Å². The highest BCUT2D eigenvalue weighted by molar-refractivity contribution is 5.80. The molecule has 0 saturated carbocycles. The van der Waals surface area contributed by atoms with Crippen molar-refractivity contribution in [2.45, 2.75) is 39.0 Å². The number of H-pyrrole nitrogens is 1. The van der Waals surface area contributed by atoms with E-state index in [1.54, 1.807) is 25.5 Å². The smallest absolute Gasteiger partial charge is 0.225 e. The molecule has 4 rings (SSSR count). The van der Waals surface area contributed by atoms with E-state index in [1.807, 2.05) is 16.0 Å². The van der Waals surface area contributed by atoms with Crippen molar-refractivity contribution in [2.75, 3.05) is 26.2 Å². The van der Waals surface area contributed by atoms with Crippen LogP contribution >= 0.6 is 0 Å². The zero-order chi connectivity index (χ0) is 20.2. The molecular formula is C21H28N6O2. The highest BCUT2D eigenvalue weighted by atomic mass is 16.2. The Bertz CT molecular complexity index is 845. The van der Waals surface area contributed by atoms with Gasteiger partial charge in [0.05, 0.1) is 11.9 Å². The molecule has 2 aliphatic heterocycles. The quantitative estimate of drug-likeness (QED) is 0.852. The minimum absolute atomic E-state index is 0.0476. The van der Waals surface area contributed by atoms with E-state index >= 15 is 0 Å². The minimum Gasteiger partial charge on any atom is -0.343 e. The van der Waals surface area contributed by atoms with Crippen LogP contribution in [0.1, 0.15) is 38.3 Å². The number of aromatic nitrogens is 4. The van der Waals surface area contributed by atoms with Crippen LogP contribution in [0.3, 0.4) is 0 Å². The summed E-state index contributed by atoms with van der Waals surface area (Å²) in [6.07, 6.45) is 11.5. The van der Waals surface area contributed by atoms with Crippen molar-refractivity contribution < 1.29 is 9.59 Å². The largest absolute Gasteiger partial charge is 0.343 e. The lowest BCUT2D eigenvalue weighted by atomic mass is 9.90. The van der Waals surface area contributed by atoms with Gasteiger partial charge in [-0.15, -0.1) is 0 Å². The molecule has 4 heterocycles. The molecule has 2 fully saturated rings. The van der Waals surface area contributed by atoms with Crippen LogP contribution in [-0.4, -0.2) is 67.7 Å². The molecule has 2 amide bonds. The summed E-state index contributed by atoms with van der Waals surface area (Å²) in [6.45, 7) is 4.59. The Balaban J connectivity index is 1.35. The standard InChI is InChI=1S/C21H28N6O2/c1-15(28)26-9-4-17(5-10-26)21(29)27-8-2-3-16(14-27)11-18-12-22-13-19(25-18)20-23-6-7-24-20/h6-7,12-13,16-17H,2-5,8-11,14H2,1H3,(H,23,24)/t16-/m0/s1. The minimum atomic E-state index is 0.0476. The van der Waals surface area contributed by atoms with E-state index in [2.05, 4.69) is 15.0 Å². The number of carbonyl (C=O) groups is 2. The topological polar surface area (TPSA) is 95.1 Å². The zero-order valence-corrected chi connectivity index (χ0v) is 16.9. The van der Waals surface area contributed by atoms with Crippen LogP contribution in [0, 0.1) is 11.8 Å². The average molecular weight is 396 g/mol. The molecule has 0 bridgehead atoms. The van der Waals surface area contributed by atoms with Crippen molar-refractivity contribution in [3.63, 3.8) is 0 Å². The molecule has 1 N–H and O–H groups in total. The number of hydrogen-bond acceptors (Lipinski definition) is 5. The second-order valence-electron chi connectivity index (χ2n) is 8.11. The van der Waals surface area contributed by atoms with Crippen molar-refractivity contribution in [1.82, 2.24) is 29.7 Å². The molecule has 1 atom stereocenters. The molecule has 2 aromatic rings. The molecule has 2 aromatic heterocycles. The first-order valence-electron chi connectivity index (χ1n) is 10.4. The lowest BCUT2D eigenvalue weighted by molar-refractivity contribution is -0.141. The van der Waals surface area contributed by atoms with Crippen molar-refractivity contribution in [2.24, 2.45) is 11.8 Å². The second-order valence-corrected chi connectivity index (χ2v) is 8.11. The van der Waals surface area contributed by atoms with E-state index in [0.717, 1.165) is 62.4 Å². The lowest BCUT2D eigenvalue weighted by Gasteiger charge is -2.37. The summed E-state index contributed by atoms with van der Waals surface area (Å²) in [5.41, 5.74) is 1.68. The summed E-state index contributed by atoms with van der Waals surface area (Å²) in [6, 6.07) is 0. The van der Waals surface area contributed by atoms with E-state index in [-0.39, 0.29) is 17.7 Å². The highest BCUT2D eigenvalue weighted by Gasteiger charge is 2.32. The normalized spacial score (nSPS) is 20.7. The number of aromatic amines is 1. The Hall–Kier alpha value is -2.77. The summed E-state index contributed by atoms with van der Waals surface area (Å²) in [5.74, 6) is 1.52. The van der Waals surface area contributed by atoms with Gasteiger partial charge in [0.15, 0.2) is 5.82 Å². The maximum Gasteiger partial charge on any atom is 0.225 e. The molecule has 0 unspecified atom stereocenters. The van der Waals surface area contributed by atoms with E-state index in [4.69, 9.17) is 4.98 Å². The van der Waals surface area contributed by atoms with Crippen LogP contribution in [0.5, 0.6) is 0 Å². The SMILES string of the molecule is CC(=O)N1CCC(C(=O)N2CCC[C@@H](Cc3cncc(-c4ncc[nH]4)n3)C2)CC1. The molecule has 0 spiro atoms. The van der Waals surface area contributed by atoms with Gasteiger partial charge in [0, 0.05) is 57.6 Å². The van der Waals surface area contributed by atoms with Gasteiger partial charge in [-0.25, -0.2) is 9.97 Å². The van der Waals surface area contributed by atoms with Gasteiger partial charge >= 0.3 is 0 Å². The predicted molar refractivity (Wildman–Crippen MR) is 108 cm³/mol. The maximum atomic E-state index is 13.0. The van der Waals surface area contributed by atoms with Crippen molar-refractivity contribution in [3.8, 4) is 11.5 Å². The summed E-state index contributed by atoms with van der Waals surface area (Å²) < 4.78 is 0. The predicted octanol–water partition coefficient (Wildman–Crippen LogP) is 1.91. The van der Waals surface area contributed by atoms with Gasteiger partial charge in [-0.05, 0) is 38.0 Å². The van der Waals surface area contributed by atoms with Crippen LogP contribution in [-0.2, 0) is 16.0 Å². The fourth-order valence-electron chi connectivity index (χ4n) is 4.45. The van der Waals surface area contributed by atoms with E-state index < -0.39 is 0 Å². The molecule has 0 aliphatic carbocycles.